The Morgan fingerprint density at radius 2 is 1.93 bits per heavy atom. The number of nitrogens with one attached hydrogen (secondary N) is 1. The van der Waals surface area contributed by atoms with Crippen LogP contribution in [-0.4, -0.2) is 21.4 Å². The highest BCUT2D eigenvalue weighted by atomic mass is 35.5. The summed E-state index contributed by atoms with van der Waals surface area (Å²) in [5.41, 5.74) is 1.55. The quantitative estimate of drug-likeness (QED) is 0.635. The van der Waals surface area contributed by atoms with E-state index in [1.165, 1.54) is 6.07 Å². The summed E-state index contributed by atoms with van der Waals surface area (Å²) >= 11 is 11.9. The van der Waals surface area contributed by atoms with Crippen LogP contribution in [0.5, 0.6) is 0 Å². The summed E-state index contributed by atoms with van der Waals surface area (Å²) in [4.78, 5) is 1.05. The highest BCUT2D eigenvalue weighted by Crippen LogP contribution is 2.40. The molecule has 0 radical (unpaired) electrons. The number of hydrogen-bond acceptors (Lipinski definition) is 2. The van der Waals surface area contributed by atoms with E-state index in [4.69, 9.17) is 28.9 Å². The van der Waals surface area contributed by atoms with Crippen molar-refractivity contribution in [2.45, 2.75) is 32.0 Å². The van der Waals surface area contributed by atoms with Gasteiger partial charge in [-0.2, -0.15) is 9.78 Å². The zero-order chi connectivity index (χ0) is 19.0. The number of hydrogen-bond donors (Lipinski definition) is 1. The summed E-state index contributed by atoms with van der Waals surface area (Å²) in [6, 6.07) is 14.9. The van der Waals surface area contributed by atoms with E-state index in [1.807, 2.05) is 42.1 Å². The number of aromatic nitrogens is 3. The summed E-state index contributed by atoms with van der Waals surface area (Å²) in [5.74, 6) is 1.20. The molecule has 1 aliphatic rings. The van der Waals surface area contributed by atoms with Gasteiger partial charge in [-0.05, 0) is 49.3 Å². The molecule has 140 valence electrons. The van der Waals surface area contributed by atoms with E-state index >= 15 is 0 Å². The van der Waals surface area contributed by atoms with Crippen LogP contribution < -0.4 is 4.90 Å². The van der Waals surface area contributed by atoms with Crippen molar-refractivity contribution in [3.05, 3.63) is 75.5 Å². The van der Waals surface area contributed by atoms with Crippen molar-refractivity contribution in [2.24, 2.45) is 0 Å². The predicted octanol–water partition coefficient (Wildman–Crippen LogP) is 3.75. The Hall–Kier alpha value is -2.02. The van der Waals surface area contributed by atoms with Crippen molar-refractivity contribution in [3.63, 3.8) is 0 Å². The summed E-state index contributed by atoms with van der Waals surface area (Å²) in [5, 5.41) is 5.25. The molecule has 2 aromatic carbocycles. The molecule has 27 heavy (non-hydrogen) atoms. The zero-order valence-electron chi connectivity index (χ0n) is 15.0. The molecule has 1 aliphatic carbocycles. The second-order valence-corrected chi connectivity index (χ2v) is 7.85. The largest absolute Gasteiger partial charge is 0.315 e. The topological polar surface area (TPSA) is 27.2 Å². The molecule has 0 aliphatic heterocycles. The van der Waals surface area contributed by atoms with Gasteiger partial charge in [-0.15, -0.1) is 0 Å². The van der Waals surface area contributed by atoms with Crippen LogP contribution in [0.2, 0.25) is 5.02 Å². The molecule has 1 N–H and O–H groups in total. The third-order valence-electron chi connectivity index (χ3n) is 4.78. The SMILES string of the molecule is C[NH+](Cc1c(F)cccc1Cl)Cn1nc(C2CC2)n(-c2ccccc2)c1=S. The van der Waals surface area contributed by atoms with Crippen LogP contribution in [0, 0.1) is 10.6 Å². The molecule has 1 atom stereocenters. The summed E-state index contributed by atoms with van der Waals surface area (Å²) in [7, 11) is 1.99. The third kappa shape index (κ3) is 3.83. The van der Waals surface area contributed by atoms with Gasteiger partial charge in [0.25, 0.3) is 0 Å². The Balaban J connectivity index is 1.62. The third-order valence-corrected chi connectivity index (χ3v) is 5.53. The maximum atomic E-state index is 14.1. The summed E-state index contributed by atoms with van der Waals surface area (Å²) in [6.07, 6.45) is 2.29. The molecule has 4 nitrogen and oxygen atoms in total. The second-order valence-electron chi connectivity index (χ2n) is 7.08. The van der Waals surface area contributed by atoms with Gasteiger partial charge >= 0.3 is 0 Å². The molecule has 3 aromatic rings. The van der Waals surface area contributed by atoms with Gasteiger partial charge in [0.05, 0.1) is 17.6 Å². The van der Waals surface area contributed by atoms with Crippen molar-refractivity contribution in [3.8, 4) is 5.69 Å². The maximum absolute atomic E-state index is 14.1. The normalized spacial score (nSPS) is 15.1. The van der Waals surface area contributed by atoms with Crippen LogP contribution in [0.4, 0.5) is 4.39 Å². The fourth-order valence-electron chi connectivity index (χ4n) is 3.27. The standard InChI is InChI=1S/C20H20ClFN4S/c1-24(12-16-17(21)8-5-9-18(16)22)13-25-20(27)26(15-6-3-2-4-7-15)19(23-25)14-10-11-14/h2-9,14H,10-13H2,1H3/p+1. The molecule has 1 fully saturated rings. The number of rotatable bonds is 6. The van der Waals surface area contributed by atoms with E-state index < -0.39 is 0 Å². The molecule has 1 heterocycles. The monoisotopic (exact) mass is 403 g/mol. The Morgan fingerprint density at radius 1 is 1.19 bits per heavy atom. The van der Waals surface area contributed by atoms with Crippen LogP contribution >= 0.6 is 23.8 Å². The average molecular weight is 404 g/mol. The first-order chi connectivity index (χ1) is 13.0. The Morgan fingerprint density at radius 3 is 2.59 bits per heavy atom. The molecule has 0 saturated heterocycles. The molecule has 0 spiro atoms. The molecule has 0 bridgehead atoms. The molecule has 1 unspecified atom stereocenters. The van der Waals surface area contributed by atoms with Crippen LogP contribution in [0.3, 0.4) is 0 Å². The van der Waals surface area contributed by atoms with E-state index in [-0.39, 0.29) is 5.82 Å². The first kappa shape index (κ1) is 18.3. The van der Waals surface area contributed by atoms with Crippen LogP contribution in [-0.2, 0) is 13.2 Å². The van der Waals surface area contributed by atoms with Gasteiger partial charge in [-0.3, -0.25) is 4.57 Å². The van der Waals surface area contributed by atoms with E-state index in [9.17, 15) is 4.39 Å². The van der Waals surface area contributed by atoms with Gasteiger partial charge in [-0.1, -0.05) is 35.9 Å². The Labute approximate surface area is 167 Å². The van der Waals surface area contributed by atoms with Crippen molar-refractivity contribution in [1.82, 2.24) is 14.3 Å². The number of benzene rings is 2. The van der Waals surface area contributed by atoms with Crippen molar-refractivity contribution >= 4 is 23.8 Å². The lowest BCUT2D eigenvalue weighted by Gasteiger charge is -2.15. The highest BCUT2D eigenvalue weighted by Gasteiger charge is 2.31. The molecule has 0 amide bonds. The van der Waals surface area contributed by atoms with Gasteiger partial charge in [0.15, 0.2) is 6.67 Å². The molecule has 4 rings (SSSR count). The van der Waals surface area contributed by atoms with Gasteiger partial charge in [0, 0.05) is 11.6 Å². The molecular formula is C20H21ClFN4S+. The van der Waals surface area contributed by atoms with Crippen LogP contribution in [0.15, 0.2) is 48.5 Å². The number of nitrogens with zero attached hydrogens (tertiary/aromatic N) is 3. The fourth-order valence-corrected chi connectivity index (χ4v) is 3.80. The Kier molecular flexibility index (Phi) is 5.12. The minimum atomic E-state index is -0.279. The van der Waals surface area contributed by atoms with Gasteiger partial charge in [-0.25, -0.2) is 4.39 Å². The minimum absolute atomic E-state index is 0.279. The predicted molar refractivity (Wildman–Crippen MR) is 106 cm³/mol. The zero-order valence-corrected chi connectivity index (χ0v) is 16.6. The first-order valence-electron chi connectivity index (χ1n) is 9.04. The molecule has 1 saturated carbocycles. The summed E-state index contributed by atoms with van der Waals surface area (Å²) in [6.45, 7) is 1.01. The molecule has 1 aromatic heterocycles. The maximum Gasteiger partial charge on any atom is 0.207 e. The Bertz CT molecular complexity index is 990. The van der Waals surface area contributed by atoms with Gasteiger partial charge in [0.1, 0.15) is 18.2 Å². The number of para-hydroxylation sites is 1. The second kappa shape index (κ2) is 7.54. The lowest BCUT2D eigenvalue weighted by Crippen LogP contribution is -3.07. The van der Waals surface area contributed by atoms with Crippen molar-refractivity contribution in [1.29, 1.82) is 0 Å². The van der Waals surface area contributed by atoms with Gasteiger partial charge < -0.3 is 4.90 Å². The first-order valence-corrected chi connectivity index (χ1v) is 9.82. The highest BCUT2D eigenvalue weighted by molar-refractivity contribution is 7.71. The lowest BCUT2D eigenvalue weighted by atomic mass is 10.2. The van der Waals surface area contributed by atoms with Crippen molar-refractivity contribution < 1.29 is 9.29 Å². The van der Waals surface area contributed by atoms with Crippen molar-refractivity contribution in [2.75, 3.05) is 7.05 Å². The van der Waals surface area contributed by atoms with E-state index in [0.29, 0.717) is 34.5 Å². The van der Waals surface area contributed by atoms with Crippen LogP contribution in [0.1, 0.15) is 30.1 Å². The van der Waals surface area contributed by atoms with Crippen LogP contribution in [0.25, 0.3) is 5.69 Å². The minimum Gasteiger partial charge on any atom is -0.315 e. The van der Waals surface area contributed by atoms with E-state index in [1.54, 1.807) is 12.1 Å². The summed E-state index contributed by atoms with van der Waals surface area (Å²) < 4.78 is 18.7. The van der Waals surface area contributed by atoms with E-state index in [2.05, 4.69) is 4.57 Å². The van der Waals surface area contributed by atoms with Gasteiger partial charge in [0.2, 0.25) is 4.77 Å². The molecule has 7 heteroatoms. The van der Waals surface area contributed by atoms with E-state index in [0.717, 1.165) is 29.3 Å². The average Bonchev–Trinajstić information content (AvgIpc) is 3.45. The lowest BCUT2D eigenvalue weighted by molar-refractivity contribution is -0.917. The molecular weight excluding hydrogens is 383 g/mol. The smallest absolute Gasteiger partial charge is 0.207 e. The number of halogens is 2. The fraction of sp³-hybridized carbons (Fsp3) is 0.300. The number of quaternary nitrogens is 1.